The van der Waals surface area contributed by atoms with Gasteiger partial charge in [0, 0.05) is 36.2 Å². The van der Waals surface area contributed by atoms with Crippen LogP contribution in [0.15, 0.2) is 116 Å². The first-order valence-corrected chi connectivity index (χ1v) is 15.4. The molecule has 2 aliphatic rings. The summed E-state index contributed by atoms with van der Waals surface area (Å²) in [7, 11) is 0. The minimum absolute atomic E-state index is 0. The topological polar surface area (TPSA) is 96.6 Å². The summed E-state index contributed by atoms with van der Waals surface area (Å²) in [6.45, 7) is 2.63. The van der Waals surface area contributed by atoms with Crippen molar-refractivity contribution in [2.75, 3.05) is 11.7 Å². The molecular formula is C38H31ClN4O5. The number of pyridine rings is 2. The Hall–Kier alpha value is -5.80. The van der Waals surface area contributed by atoms with Crippen molar-refractivity contribution in [2.45, 2.75) is 25.9 Å². The standard InChI is InChI=1S/C38H30N4O5.ClH/c1-24-17-25-7-2-3-8-26(25)22-41(24)37(44)31-20-36-35(46-23-47-36)19-30(31)34-18-32(33-10-4-5-16-40(33)34)38(45)42(28-9-6-15-39-21-28)27-11-13-29(43)14-12-27;/h2-16,18-21,24,43H,17,22-23H2,1H3;1H/t24-;/m1./s1. The Balaban J connectivity index is 0.00000364. The third-order valence-electron chi connectivity index (χ3n) is 8.91. The smallest absolute Gasteiger partial charge is 0.265 e. The lowest BCUT2D eigenvalue weighted by atomic mass is 9.93. The van der Waals surface area contributed by atoms with Crippen LogP contribution in [0.5, 0.6) is 17.2 Å². The molecule has 1 N–H and O–H groups in total. The first-order valence-electron chi connectivity index (χ1n) is 15.4. The van der Waals surface area contributed by atoms with Gasteiger partial charge in [-0.1, -0.05) is 30.3 Å². The molecule has 3 aromatic heterocycles. The number of phenolic OH excluding ortho intramolecular Hbond substituents is 1. The summed E-state index contributed by atoms with van der Waals surface area (Å²) in [4.78, 5) is 36.8. The molecule has 8 rings (SSSR count). The highest BCUT2D eigenvalue weighted by Crippen LogP contribution is 2.42. The number of rotatable bonds is 5. The fourth-order valence-electron chi connectivity index (χ4n) is 6.56. The molecule has 2 aliphatic heterocycles. The van der Waals surface area contributed by atoms with Gasteiger partial charge in [0.05, 0.1) is 34.2 Å². The monoisotopic (exact) mass is 658 g/mol. The van der Waals surface area contributed by atoms with Crippen molar-refractivity contribution in [1.82, 2.24) is 14.3 Å². The number of nitrogens with zero attached hydrogens (tertiary/aromatic N) is 4. The molecule has 240 valence electrons. The number of aromatic hydroxyl groups is 1. The molecule has 0 radical (unpaired) electrons. The van der Waals surface area contributed by atoms with Crippen LogP contribution in [0, 0.1) is 0 Å². The SMILES string of the molecule is C[C@@H]1Cc2ccccc2CN1C(=O)c1cc2c(cc1-c1cc(C(=O)N(c3ccc(O)cc3)c3cccnc3)c3ccccn13)OCO2.Cl. The van der Waals surface area contributed by atoms with Crippen LogP contribution >= 0.6 is 12.4 Å². The lowest BCUT2D eigenvalue weighted by Gasteiger charge is -2.35. The summed E-state index contributed by atoms with van der Waals surface area (Å²) in [5.74, 6) is 0.715. The molecule has 1 atom stereocenters. The number of anilines is 2. The molecule has 0 bridgehead atoms. The van der Waals surface area contributed by atoms with Gasteiger partial charge in [-0.3, -0.25) is 19.5 Å². The molecular weight excluding hydrogens is 628 g/mol. The zero-order valence-electron chi connectivity index (χ0n) is 25.9. The molecule has 9 nitrogen and oxygen atoms in total. The van der Waals surface area contributed by atoms with E-state index in [-0.39, 0.29) is 42.8 Å². The van der Waals surface area contributed by atoms with Gasteiger partial charge in [-0.15, -0.1) is 12.4 Å². The van der Waals surface area contributed by atoms with E-state index in [1.807, 2.05) is 64.0 Å². The fraction of sp³-hybridized carbons (Fsp3) is 0.132. The third kappa shape index (κ3) is 5.28. The van der Waals surface area contributed by atoms with E-state index < -0.39 is 0 Å². The van der Waals surface area contributed by atoms with Gasteiger partial charge in [0.15, 0.2) is 11.5 Å². The average molecular weight is 659 g/mol. The van der Waals surface area contributed by atoms with Crippen LogP contribution in [0.1, 0.15) is 38.8 Å². The molecule has 0 aliphatic carbocycles. The lowest BCUT2D eigenvalue weighted by Crippen LogP contribution is -2.42. The quantitative estimate of drug-likeness (QED) is 0.207. The molecule has 48 heavy (non-hydrogen) atoms. The molecule has 0 unspecified atom stereocenters. The highest BCUT2D eigenvalue weighted by atomic mass is 35.5. The summed E-state index contributed by atoms with van der Waals surface area (Å²) in [6.07, 6.45) is 5.91. The molecule has 0 saturated carbocycles. The predicted octanol–water partition coefficient (Wildman–Crippen LogP) is 7.42. The average Bonchev–Trinajstić information content (AvgIpc) is 3.73. The Morgan fingerprint density at radius 3 is 2.38 bits per heavy atom. The maximum absolute atomic E-state index is 14.6. The first kappa shape index (κ1) is 30.8. The van der Waals surface area contributed by atoms with E-state index in [0.717, 1.165) is 12.0 Å². The summed E-state index contributed by atoms with van der Waals surface area (Å²) in [5, 5.41) is 9.96. The summed E-state index contributed by atoms with van der Waals surface area (Å²) < 4.78 is 13.4. The van der Waals surface area contributed by atoms with Crippen LogP contribution in [0.25, 0.3) is 16.8 Å². The van der Waals surface area contributed by atoms with Gasteiger partial charge in [-0.05, 0) is 91.2 Å². The number of phenols is 1. The van der Waals surface area contributed by atoms with Gasteiger partial charge in [0.25, 0.3) is 11.8 Å². The zero-order valence-corrected chi connectivity index (χ0v) is 26.8. The molecule has 6 aromatic rings. The predicted molar refractivity (Wildman–Crippen MR) is 184 cm³/mol. The Morgan fingerprint density at radius 1 is 0.854 bits per heavy atom. The van der Waals surface area contributed by atoms with E-state index in [2.05, 4.69) is 24.0 Å². The number of halogens is 1. The van der Waals surface area contributed by atoms with Gasteiger partial charge in [0.2, 0.25) is 6.79 Å². The number of fused-ring (bicyclic) bond motifs is 3. The zero-order chi connectivity index (χ0) is 32.1. The van der Waals surface area contributed by atoms with Gasteiger partial charge < -0.3 is 23.9 Å². The van der Waals surface area contributed by atoms with Crippen LogP contribution in [0.3, 0.4) is 0 Å². The van der Waals surface area contributed by atoms with Gasteiger partial charge >= 0.3 is 0 Å². The summed E-state index contributed by atoms with van der Waals surface area (Å²) in [6, 6.07) is 29.3. The molecule has 0 spiro atoms. The second kappa shape index (κ2) is 12.4. The van der Waals surface area contributed by atoms with E-state index in [9.17, 15) is 14.7 Å². The van der Waals surface area contributed by atoms with Crippen LogP contribution in [-0.2, 0) is 13.0 Å². The number of aromatic nitrogens is 2. The maximum atomic E-state index is 14.6. The number of ether oxygens (including phenoxy) is 2. The van der Waals surface area contributed by atoms with Crippen LogP contribution in [0.2, 0.25) is 0 Å². The molecule has 0 fully saturated rings. The largest absolute Gasteiger partial charge is 0.508 e. The Labute approximate surface area is 283 Å². The number of hydrogen-bond acceptors (Lipinski definition) is 6. The minimum atomic E-state index is -0.298. The first-order chi connectivity index (χ1) is 23.0. The fourth-order valence-corrected chi connectivity index (χ4v) is 6.56. The van der Waals surface area contributed by atoms with E-state index in [1.165, 1.54) is 5.56 Å². The van der Waals surface area contributed by atoms with Crippen LogP contribution in [-0.4, -0.2) is 44.0 Å². The normalized spacial score (nSPS) is 14.7. The van der Waals surface area contributed by atoms with Crippen molar-refractivity contribution in [3.63, 3.8) is 0 Å². The molecule has 10 heteroatoms. The molecule has 0 saturated heterocycles. The summed E-state index contributed by atoms with van der Waals surface area (Å²) >= 11 is 0. The van der Waals surface area contributed by atoms with Crippen molar-refractivity contribution < 1.29 is 24.2 Å². The van der Waals surface area contributed by atoms with Gasteiger partial charge in [0.1, 0.15) is 5.75 Å². The Morgan fingerprint density at radius 2 is 1.60 bits per heavy atom. The van der Waals surface area contributed by atoms with Crippen LogP contribution < -0.4 is 14.4 Å². The van der Waals surface area contributed by atoms with Crippen molar-refractivity contribution >= 4 is 41.1 Å². The highest BCUT2D eigenvalue weighted by Gasteiger charge is 2.32. The Kier molecular flexibility index (Phi) is 7.98. The minimum Gasteiger partial charge on any atom is -0.508 e. The van der Waals surface area contributed by atoms with E-state index in [0.29, 0.717) is 57.3 Å². The number of amides is 2. The van der Waals surface area contributed by atoms with Crippen molar-refractivity contribution in [1.29, 1.82) is 0 Å². The third-order valence-corrected chi connectivity index (χ3v) is 8.91. The number of carbonyl (C=O) groups excluding carboxylic acids is 2. The van der Waals surface area contributed by atoms with E-state index >= 15 is 0 Å². The lowest BCUT2D eigenvalue weighted by molar-refractivity contribution is 0.0658. The van der Waals surface area contributed by atoms with E-state index in [4.69, 9.17) is 9.47 Å². The summed E-state index contributed by atoms with van der Waals surface area (Å²) in [5.41, 5.74) is 6.36. The van der Waals surface area contributed by atoms with E-state index in [1.54, 1.807) is 53.7 Å². The number of benzene rings is 3. The number of hydrogen-bond donors (Lipinski definition) is 1. The van der Waals surface area contributed by atoms with Crippen molar-refractivity contribution in [2.24, 2.45) is 0 Å². The molecule has 3 aromatic carbocycles. The second-order valence-electron chi connectivity index (χ2n) is 11.8. The van der Waals surface area contributed by atoms with Crippen molar-refractivity contribution in [3.8, 4) is 28.5 Å². The Bertz CT molecular complexity index is 2170. The van der Waals surface area contributed by atoms with Crippen LogP contribution in [0.4, 0.5) is 11.4 Å². The van der Waals surface area contributed by atoms with Gasteiger partial charge in [-0.25, -0.2) is 0 Å². The maximum Gasteiger partial charge on any atom is 0.265 e. The molecule has 2 amide bonds. The van der Waals surface area contributed by atoms with Crippen molar-refractivity contribution in [3.05, 3.63) is 138 Å². The molecule has 5 heterocycles. The highest BCUT2D eigenvalue weighted by molar-refractivity contribution is 6.15. The van der Waals surface area contributed by atoms with Gasteiger partial charge in [-0.2, -0.15) is 0 Å². The second-order valence-corrected chi connectivity index (χ2v) is 11.8. The number of carbonyl (C=O) groups is 2.